The molecule has 4 atom stereocenters. The summed E-state index contributed by atoms with van der Waals surface area (Å²) in [5, 5.41) is 21.0. The van der Waals surface area contributed by atoms with Gasteiger partial charge in [-0.3, -0.25) is 9.09 Å². The summed E-state index contributed by atoms with van der Waals surface area (Å²) < 4.78 is 22.7. The molecule has 5 rings (SSSR count). The first kappa shape index (κ1) is 25.4. The topological polar surface area (TPSA) is 163 Å². The zero-order valence-electron chi connectivity index (χ0n) is 19.6. The minimum atomic E-state index is -4.78. The highest BCUT2D eigenvalue weighted by molar-refractivity contribution is 7.46. The van der Waals surface area contributed by atoms with Crippen molar-refractivity contribution in [3.05, 3.63) is 84.4 Å². The van der Waals surface area contributed by atoms with Gasteiger partial charge in [0.2, 0.25) is 0 Å². The third-order valence-electron chi connectivity index (χ3n) is 6.09. The molecular formula is C24H26N5O7P. The number of rotatable bonds is 9. The maximum Gasteiger partial charge on any atom is 0.469 e. The summed E-state index contributed by atoms with van der Waals surface area (Å²) in [6.07, 6.45) is -2.30. The fourth-order valence-corrected chi connectivity index (χ4v) is 4.68. The van der Waals surface area contributed by atoms with Crippen LogP contribution in [0.1, 0.15) is 17.4 Å². The van der Waals surface area contributed by atoms with E-state index in [1.165, 1.54) is 17.2 Å². The molecule has 0 radical (unpaired) electrons. The molecule has 0 spiro atoms. The monoisotopic (exact) mass is 527 g/mol. The van der Waals surface area contributed by atoms with Gasteiger partial charge in [0.15, 0.2) is 23.2 Å². The highest BCUT2D eigenvalue weighted by Crippen LogP contribution is 2.39. The largest absolute Gasteiger partial charge is 0.469 e. The van der Waals surface area contributed by atoms with Crippen LogP contribution in [-0.4, -0.2) is 64.4 Å². The molecule has 0 aliphatic carbocycles. The lowest BCUT2D eigenvalue weighted by atomic mass is 10.1. The highest BCUT2D eigenvalue weighted by Gasteiger charge is 2.45. The van der Waals surface area contributed by atoms with E-state index in [0.29, 0.717) is 30.1 Å². The number of benzene rings is 2. The van der Waals surface area contributed by atoms with Crippen LogP contribution in [0.2, 0.25) is 0 Å². The van der Waals surface area contributed by atoms with Gasteiger partial charge in [0.25, 0.3) is 0 Å². The van der Waals surface area contributed by atoms with Gasteiger partial charge in [0, 0.05) is 13.1 Å². The van der Waals surface area contributed by atoms with Gasteiger partial charge < -0.3 is 29.6 Å². The number of phosphoric acid groups is 1. The minimum Gasteiger partial charge on any atom is -0.387 e. The fraction of sp³-hybridized carbons (Fsp3) is 0.292. The van der Waals surface area contributed by atoms with E-state index in [9.17, 15) is 14.8 Å². The minimum absolute atomic E-state index is 0.365. The predicted octanol–water partition coefficient (Wildman–Crippen LogP) is 1.76. The number of phosphoric ester groups is 1. The first-order chi connectivity index (χ1) is 17.8. The molecule has 2 aromatic carbocycles. The van der Waals surface area contributed by atoms with Crippen molar-refractivity contribution in [1.29, 1.82) is 0 Å². The van der Waals surface area contributed by atoms with E-state index < -0.39 is 39.0 Å². The van der Waals surface area contributed by atoms with Gasteiger partial charge in [0.1, 0.15) is 24.6 Å². The average Bonchev–Trinajstić information content (AvgIpc) is 3.44. The number of anilines is 1. The summed E-state index contributed by atoms with van der Waals surface area (Å²) in [5.41, 5.74) is 2.99. The van der Waals surface area contributed by atoms with Gasteiger partial charge in [-0.05, 0) is 11.1 Å². The molecule has 4 aromatic rings. The average molecular weight is 527 g/mol. The van der Waals surface area contributed by atoms with Crippen LogP contribution in [0, 0.1) is 0 Å². The number of nitrogens with zero attached hydrogens (tertiary/aromatic N) is 5. The molecule has 1 saturated heterocycles. The van der Waals surface area contributed by atoms with Crippen LogP contribution < -0.4 is 4.90 Å². The zero-order chi connectivity index (χ0) is 26.0. The van der Waals surface area contributed by atoms with Crippen molar-refractivity contribution in [2.45, 2.75) is 37.6 Å². The Bertz CT molecular complexity index is 1340. The molecule has 12 nitrogen and oxygen atoms in total. The summed E-state index contributed by atoms with van der Waals surface area (Å²) in [5.74, 6) is 0.575. The van der Waals surface area contributed by atoms with Crippen LogP contribution in [0.5, 0.6) is 0 Å². The fourth-order valence-electron chi connectivity index (χ4n) is 4.34. The van der Waals surface area contributed by atoms with Crippen LogP contribution in [0.15, 0.2) is 73.3 Å². The molecule has 0 saturated carbocycles. The van der Waals surface area contributed by atoms with Gasteiger partial charge in [-0.25, -0.2) is 19.5 Å². The molecule has 3 heterocycles. The predicted molar refractivity (Wildman–Crippen MR) is 132 cm³/mol. The lowest BCUT2D eigenvalue weighted by Gasteiger charge is -2.24. The summed E-state index contributed by atoms with van der Waals surface area (Å²) in [6, 6.07) is 19.9. The Morgan fingerprint density at radius 3 is 2.14 bits per heavy atom. The van der Waals surface area contributed by atoms with Crippen molar-refractivity contribution in [3.63, 3.8) is 0 Å². The smallest absolute Gasteiger partial charge is 0.387 e. The Morgan fingerprint density at radius 2 is 1.54 bits per heavy atom. The highest BCUT2D eigenvalue weighted by atomic mass is 31.2. The molecule has 2 aromatic heterocycles. The molecule has 0 bridgehead atoms. The first-order valence-corrected chi connectivity index (χ1v) is 13.1. The summed E-state index contributed by atoms with van der Waals surface area (Å²) >= 11 is 0. The molecule has 37 heavy (non-hydrogen) atoms. The molecule has 4 N–H and O–H groups in total. The van der Waals surface area contributed by atoms with Crippen LogP contribution in [0.4, 0.5) is 5.82 Å². The number of hydrogen-bond donors (Lipinski definition) is 4. The zero-order valence-corrected chi connectivity index (χ0v) is 20.5. The number of imidazole rings is 1. The van der Waals surface area contributed by atoms with E-state index in [4.69, 9.17) is 14.5 Å². The standard InChI is InChI=1S/C24H26N5O7P/c30-20-18(13-35-37(32,33)34)36-24(21(20)31)29-15-27-19-22(25-14-26-23(19)29)28(11-16-7-3-1-4-8-16)12-17-9-5-2-6-10-17/h1-10,14-15,18,20-21,24,30-31H,11-13H2,(H2,32,33,34)/t18-,20-,21-,24-/m1/s1. The van der Waals surface area contributed by atoms with Crippen LogP contribution in [0.25, 0.3) is 11.2 Å². The molecule has 1 aliphatic rings. The van der Waals surface area contributed by atoms with Crippen molar-refractivity contribution in [3.8, 4) is 0 Å². The van der Waals surface area contributed by atoms with Gasteiger partial charge in [-0.15, -0.1) is 0 Å². The van der Waals surface area contributed by atoms with E-state index in [2.05, 4.69) is 24.4 Å². The third-order valence-corrected chi connectivity index (χ3v) is 6.58. The number of ether oxygens (including phenoxy) is 1. The first-order valence-electron chi connectivity index (χ1n) is 11.5. The second-order valence-corrected chi connectivity index (χ2v) is 9.92. The second-order valence-electron chi connectivity index (χ2n) is 8.68. The van der Waals surface area contributed by atoms with Crippen LogP contribution in [0.3, 0.4) is 0 Å². The molecular weight excluding hydrogens is 501 g/mol. The third kappa shape index (κ3) is 5.71. The lowest BCUT2D eigenvalue weighted by molar-refractivity contribution is -0.0504. The van der Waals surface area contributed by atoms with Crippen LogP contribution >= 0.6 is 7.82 Å². The van der Waals surface area contributed by atoms with Crippen molar-refractivity contribution in [2.75, 3.05) is 11.5 Å². The lowest BCUT2D eigenvalue weighted by Crippen LogP contribution is -2.33. The summed E-state index contributed by atoms with van der Waals surface area (Å²) in [4.78, 5) is 33.4. The Morgan fingerprint density at radius 1 is 0.919 bits per heavy atom. The number of aliphatic hydroxyl groups is 2. The molecule has 1 aliphatic heterocycles. The van der Waals surface area contributed by atoms with Crippen molar-refractivity contribution in [1.82, 2.24) is 19.5 Å². The van der Waals surface area contributed by atoms with Gasteiger partial charge in [-0.2, -0.15) is 0 Å². The number of hydrogen-bond acceptors (Lipinski definition) is 9. The summed E-state index contributed by atoms with van der Waals surface area (Å²) in [7, 11) is -4.78. The Kier molecular flexibility index (Phi) is 7.31. The SMILES string of the molecule is O=P(O)(O)OC[C@H]1O[C@@H](n2cnc3c(N(Cc4ccccc4)Cc4ccccc4)ncnc32)[C@H](O)[C@@H]1O. The van der Waals surface area contributed by atoms with Crippen molar-refractivity contribution >= 4 is 24.8 Å². The normalized spacial score (nSPS) is 21.9. The van der Waals surface area contributed by atoms with E-state index in [-0.39, 0.29) is 0 Å². The van der Waals surface area contributed by atoms with Gasteiger partial charge in [-0.1, -0.05) is 60.7 Å². The van der Waals surface area contributed by atoms with Gasteiger partial charge >= 0.3 is 7.82 Å². The maximum absolute atomic E-state index is 11.1. The second kappa shape index (κ2) is 10.6. The number of aromatic nitrogens is 4. The van der Waals surface area contributed by atoms with Gasteiger partial charge in [0.05, 0.1) is 12.9 Å². The molecule has 13 heteroatoms. The number of fused-ring (bicyclic) bond motifs is 1. The van der Waals surface area contributed by atoms with E-state index >= 15 is 0 Å². The molecule has 1 fully saturated rings. The van der Waals surface area contributed by atoms with E-state index in [0.717, 1.165) is 11.1 Å². The van der Waals surface area contributed by atoms with Crippen molar-refractivity contribution < 1.29 is 33.8 Å². The Balaban J connectivity index is 1.47. The van der Waals surface area contributed by atoms with Crippen molar-refractivity contribution in [2.24, 2.45) is 0 Å². The molecule has 0 amide bonds. The summed E-state index contributed by atoms with van der Waals surface area (Å²) in [6.45, 7) is 0.503. The van der Waals surface area contributed by atoms with Crippen LogP contribution in [-0.2, 0) is 26.9 Å². The molecule has 194 valence electrons. The van der Waals surface area contributed by atoms with E-state index in [1.807, 2.05) is 60.7 Å². The molecule has 0 unspecified atom stereocenters. The number of aliphatic hydroxyl groups excluding tert-OH is 2. The quantitative estimate of drug-likeness (QED) is 0.235. The maximum atomic E-state index is 11.1. The Labute approximate surface area is 212 Å². The Hall–Kier alpha value is -3.22. The van der Waals surface area contributed by atoms with E-state index in [1.54, 1.807) is 0 Å².